The molecule has 0 saturated carbocycles. The molecule has 0 atom stereocenters. The molecule has 0 aliphatic carbocycles. The molecule has 2 aromatic carbocycles. The van der Waals surface area contributed by atoms with Crippen molar-refractivity contribution in [1.82, 2.24) is 0 Å². The monoisotopic (exact) mass is 347 g/mol. The second kappa shape index (κ2) is 8.36. The highest BCUT2D eigenvalue weighted by Crippen LogP contribution is 2.22. The molecule has 24 heavy (non-hydrogen) atoms. The van der Waals surface area contributed by atoms with Gasteiger partial charge in [0.1, 0.15) is 5.75 Å². The molecule has 0 radical (unpaired) electrons. The molecule has 0 unspecified atom stereocenters. The number of aryl methyl sites for hydroxylation is 2. The van der Waals surface area contributed by atoms with Crippen LogP contribution >= 0.6 is 11.6 Å². The molecular formula is C18H18ClNO4. The van der Waals surface area contributed by atoms with Gasteiger partial charge in [0, 0.05) is 0 Å². The summed E-state index contributed by atoms with van der Waals surface area (Å²) in [4.78, 5) is 23.4. The summed E-state index contributed by atoms with van der Waals surface area (Å²) in [6, 6.07) is 12.6. The minimum Gasteiger partial charge on any atom is -0.482 e. The maximum absolute atomic E-state index is 11.8. The molecule has 0 aliphatic rings. The summed E-state index contributed by atoms with van der Waals surface area (Å²) in [6.45, 7) is 3.11. The number of benzene rings is 2. The Morgan fingerprint density at radius 1 is 1.08 bits per heavy atom. The molecule has 1 amide bonds. The fourth-order valence-electron chi connectivity index (χ4n) is 1.95. The summed E-state index contributed by atoms with van der Waals surface area (Å²) >= 11 is 6.03. The van der Waals surface area contributed by atoms with Crippen LogP contribution in [0, 0.1) is 13.8 Å². The van der Waals surface area contributed by atoms with Gasteiger partial charge in [-0.25, -0.2) is 4.79 Å². The second-order valence-electron chi connectivity index (χ2n) is 5.25. The molecule has 0 fully saturated rings. The van der Waals surface area contributed by atoms with Gasteiger partial charge in [-0.15, -0.1) is 0 Å². The number of ether oxygens (including phenoxy) is 2. The first-order chi connectivity index (χ1) is 11.5. The van der Waals surface area contributed by atoms with E-state index in [2.05, 4.69) is 5.32 Å². The van der Waals surface area contributed by atoms with Crippen LogP contribution in [0.4, 0.5) is 5.69 Å². The number of amides is 1. The van der Waals surface area contributed by atoms with E-state index in [0.29, 0.717) is 16.5 Å². The summed E-state index contributed by atoms with van der Waals surface area (Å²) < 4.78 is 10.2. The van der Waals surface area contributed by atoms with Gasteiger partial charge in [-0.05, 0) is 43.2 Å². The number of carbonyl (C=O) groups excluding carboxylic acids is 2. The number of hydrogen-bond donors (Lipinski definition) is 1. The van der Waals surface area contributed by atoms with Gasteiger partial charge >= 0.3 is 5.97 Å². The van der Waals surface area contributed by atoms with E-state index in [9.17, 15) is 9.59 Å². The zero-order valence-electron chi connectivity index (χ0n) is 13.5. The number of anilines is 1. The third-order valence-electron chi connectivity index (χ3n) is 3.20. The number of hydrogen-bond acceptors (Lipinski definition) is 4. The SMILES string of the molecule is Cc1ccc(NC(=O)COC(=O)COc2ccccc2C)c(Cl)c1. The molecule has 126 valence electrons. The Hall–Kier alpha value is -2.53. The zero-order chi connectivity index (χ0) is 17.5. The predicted molar refractivity (Wildman–Crippen MR) is 92.5 cm³/mol. The van der Waals surface area contributed by atoms with E-state index in [1.807, 2.05) is 38.1 Å². The first kappa shape index (κ1) is 17.8. The van der Waals surface area contributed by atoms with Crippen LogP contribution in [-0.2, 0) is 14.3 Å². The van der Waals surface area contributed by atoms with E-state index in [0.717, 1.165) is 11.1 Å². The molecule has 2 aromatic rings. The van der Waals surface area contributed by atoms with Gasteiger partial charge < -0.3 is 14.8 Å². The van der Waals surface area contributed by atoms with Gasteiger partial charge in [-0.2, -0.15) is 0 Å². The summed E-state index contributed by atoms with van der Waals surface area (Å²) in [5, 5.41) is 3.02. The minimum atomic E-state index is -0.622. The van der Waals surface area contributed by atoms with Crippen molar-refractivity contribution in [3.63, 3.8) is 0 Å². The Bertz CT molecular complexity index is 746. The Morgan fingerprint density at radius 3 is 2.54 bits per heavy atom. The molecule has 0 aliphatic heterocycles. The van der Waals surface area contributed by atoms with Gasteiger partial charge in [0.15, 0.2) is 13.2 Å². The van der Waals surface area contributed by atoms with Crippen molar-refractivity contribution in [3.05, 3.63) is 58.6 Å². The Labute approximate surface area is 145 Å². The first-order valence-corrected chi connectivity index (χ1v) is 7.73. The zero-order valence-corrected chi connectivity index (χ0v) is 14.2. The molecule has 0 heterocycles. The van der Waals surface area contributed by atoms with Crippen molar-refractivity contribution >= 4 is 29.2 Å². The van der Waals surface area contributed by atoms with Gasteiger partial charge in [0.05, 0.1) is 10.7 Å². The lowest BCUT2D eigenvalue weighted by molar-refractivity contribution is -0.149. The Morgan fingerprint density at radius 2 is 1.83 bits per heavy atom. The van der Waals surface area contributed by atoms with Gasteiger partial charge in [0.25, 0.3) is 5.91 Å². The summed E-state index contributed by atoms with van der Waals surface area (Å²) in [6.07, 6.45) is 0. The van der Waals surface area contributed by atoms with Crippen molar-refractivity contribution in [2.24, 2.45) is 0 Å². The molecule has 2 rings (SSSR count). The van der Waals surface area contributed by atoms with Crippen LogP contribution in [0.15, 0.2) is 42.5 Å². The highest BCUT2D eigenvalue weighted by atomic mass is 35.5. The molecular weight excluding hydrogens is 330 g/mol. The van der Waals surface area contributed by atoms with Crippen molar-refractivity contribution in [2.75, 3.05) is 18.5 Å². The number of para-hydroxylation sites is 1. The molecule has 5 nitrogen and oxygen atoms in total. The fraction of sp³-hybridized carbons (Fsp3) is 0.222. The molecule has 6 heteroatoms. The Kier molecular flexibility index (Phi) is 6.21. The van der Waals surface area contributed by atoms with E-state index in [1.165, 1.54) is 0 Å². The third-order valence-corrected chi connectivity index (χ3v) is 3.51. The van der Waals surface area contributed by atoms with Crippen molar-refractivity contribution in [3.8, 4) is 5.75 Å². The topological polar surface area (TPSA) is 64.6 Å². The lowest BCUT2D eigenvalue weighted by Gasteiger charge is -2.10. The highest BCUT2D eigenvalue weighted by molar-refractivity contribution is 6.33. The smallest absolute Gasteiger partial charge is 0.344 e. The van der Waals surface area contributed by atoms with E-state index < -0.39 is 18.5 Å². The lowest BCUT2D eigenvalue weighted by atomic mass is 10.2. The second-order valence-corrected chi connectivity index (χ2v) is 5.65. The van der Waals surface area contributed by atoms with Crippen LogP contribution in [0.1, 0.15) is 11.1 Å². The van der Waals surface area contributed by atoms with Gasteiger partial charge in [-0.3, -0.25) is 4.79 Å². The van der Waals surface area contributed by atoms with Crippen molar-refractivity contribution in [1.29, 1.82) is 0 Å². The van der Waals surface area contributed by atoms with Crippen LogP contribution in [0.25, 0.3) is 0 Å². The molecule has 0 aromatic heterocycles. The predicted octanol–water partition coefficient (Wildman–Crippen LogP) is 3.52. The largest absolute Gasteiger partial charge is 0.482 e. The third kappa shape index (κ3) is 5.28. The average molecular weight is 348 g/mol. The lowest BCUT2D eigenvalue weighted by Crippen LogP contribution is -2.23. The Balaban J connectivity index is 1.77. The number of nitrogens with one attached hydrogen (secondary N) is 1. The standard InChI is InChI=1S/C18H18ClNO4/c1-12-7-8-15(14(19)9-12)20-17(21)10-24-18(22)11-23-16-6-4-3-5-13(16)2/h3-9H,10-11H2,1-2H3,(H,20,21). The fourth-order valence-corrected chi connectivity index (χ4v) is 2.23. The number of halogens is 1. The van der Waals surface area contributed by atoms with E-state index >= 15 is 0 Å². The summed E-state index contributed by atoms with van der Waals surface area (Å²) in [5.41, 5.74) is 2.37. The van der Waals surface area contributed by atoms with Crippen molar-refractivity contribution in [2.45, 2.75) is 13.8 Å². The number of carbonyl (C=O) groups is 2. The molecule has 0 spiro atoms. The average Bonchev–Trinajstić information content (AvgIpc) is 2.55. The maximum atomic E-state index is 11.8. The minimum absolute atomic E-state index is 0.260. The number of rotatable bonds is 6. The summed E-state index contributed by atoms with van der Waals surface area (Å²) in [7, 11) is 0. The first-order valence-electron chi connectivity index (χ1n) is 7.36. The highest BCUT2D eigenvalue weighted by Gasteiger charge is 2.11. The van der Waals surface area contributed by atoms with Gasteiger partial charge in [0.2, 0.25) is 0 Å². The van der Waals surface area contributed by atoms with E-state index in [4.69, 9.17) is 21.1 Å². The van der Waals surface area contributed by atoms with Crippen LogP contribution < -0.4 is 10.1 Å². The molecule has 1 N–H and O–H groups in total. The van der Waals surface area contributed by atoms with Crippen LogP contribution in [0.3, 0.4) is 0 Å². The summed E-state index contributed by atoms with van der Waals surface area (Å²) in [5.74, 6) is -0.487. The van der Waals surface area contributed by atoms with Crippen LogP contribution in [-0.4, -0.2) is 25.1 Å². The molecule has 0 bridgehead atoms. The normalized spacial score (nSPS) is 10.1. The number of esters is 1. The van der Waals surface area contributed by atoms with Crippen LogP contribution in [0.2, 0.25) is 5.02 Å². The maximum Gasteiger partial charge on any atom is 0.344 e. The van der Waals surface area contributed by atoms with Crippen LogP contribution in [0.5, 0.6) is 5.75 Å². The molecule has 0 saturated heterocycles. The van der Waals surface area contributed by atoms with E-state index in [-0.39, 0.29) is 6.61 Å². The van der Waals surface area contributed by atoms with Gasteiger partial charge in [-0.1, -0.05) is 35.9 Å². The van der Waals surface area contributed by atoms with Crippen molar-refractivity contribution < 1.29 is 19.1 Å². The van der Waals surface area contributed by atoms with E-state index in [1.54, 1.807) is 18.2 Å². The quantitative estimate of drug-likeness (QED) is 0.812.